The monoisotopic (exact) mass is 987 g/mol. The molecular formula is C52H58ClF4N7O6. The number of hydrogen-bond donors (Lipinski definition) is 0. The maximum atomic E-state index is 15.7. The highest BCUT2D eigenvalue weighted by molar-refractivity contribution is 6.38. The van der Waals surface area contributed by atoms with E-state index in [-0.39, 0.29) is 57.9 Å². The number of aryl methyl sites for hydroxylation is 1. The van der Waals surface area contributed by atoms with Crippen molar-refractivity contribution in [2.45, 2.75) is 128 Å². The number of alkyl halides is 4. The van der Waals surface area contributed by atoms with Gasteiger partial charge in [-0.05, 0) is 120 Å². The predicted molar refractivity (Wildman–Crippen MR) is 258 cm³/mol. The molecule has 6 atom stereocenters. The summed E-state index contributed by atoms with van der Waals surface area (Å²) in [6.07, 6.45) is -3.64. The first-order chi connectivity index (χ1) is 33.3. The Morgan fingerprint density at radius 3 is 2.24 bits per heavy atom. The Hall–Kier alpha value is -5.81. The van der Waals surface area contributed by atoms with Crippen LogP contribution in [0.15, 0.2) is 60.7 Å². The highest BCUT2D eigenvalue weighted by Crippen LogP contribution is 2.51. The second-order valence-corrected chi connectivity index (χ2v) is 20.8. The minimum absolute atomic E-state index is 0.00123. The number of anilines is 2. The van der Waals surface area contributed by atoms with E-state index in [1.165, 1.54) is 19.1 Å². The summed E-state index contributed by atoms with van der Waals surface area (Å²) in [5.74, 6) is 1.72. The fourth-order valence-electron chi connectivity index (χ4n) is 11.6. The molecule has 2 aromatic heterocycles. The summed E-state index contributed by atoms with van der Waals surface area (Å²) in [5, 5.41) is 0.162. The van der Waals surface area contributed by atoms with Gasteiger partial charge in [0.2, 0.25) is 5.88 Å². The van der Waals surface area contributed by atoms with E-state index in [4.69, 9.17) is 50.2 Å². The van der Waals surface area contributed by atoms with Crippen molar-refractivity contribution in [1.82, 2.24) is 24.8 Å². The van der Waals surface area contributed by atoms with Crippen molar-refractivity contribution in [3.8, 4) is 34.6 Å². The van der Waals surface area contributed by atoms with Crippen molar-refractivity contribution in [1.29, 1.82) is 0 Å². The molecule has 7 heterocycles. The summed E-state index contributed by atoms with van der Waals surface area (Å²) in [4.78, 5) is 36.8. The molecule has 0 saturated carbocycles. The van der Waals surface area contributed by atoms with E-state index in [1.807, 2.05) is 81.1 Å². The lowest BCUT2D eigenvalue weighted by Crippen LogP contribution is -2.65. The smallest absolute Gasteiger partial charge is 0.417 e. The number of carbonyl (C=O) groups excluding carboxylic acids is 1. The third kappa shape index (κ3) is 8.85. The third-order valence-electron chi connectivity index (χ3n) is 14.6. The second kappa shape index (κ2) is 18.1. The standard InChI is InChI=1S/C52H58ClF4N7O6/c1-29-21-35(61(24-31-9-14-36(66-6)15-10-31)25-32-11-16-37(67-7)17-12-32)22-38(41(29)52(55,56)57)43-42(53)44-40-46(60-48(59-44)68-28-51-19-8-20-62(51)26-33(54)23-51)63-27-34-13-18-39(45(63)30(2)69-47(40)58-43)64(34)49(65)70-50(3,4)5/h9-12,14-17,21-22,30,33-34,39,45H,8,13,18-20,23-28H2,1-7H3/t30-,33+,34+,39-,45+,51-/m0/s1. The van der Waals surface area contributed by atoms with Crippen LogP contribution in [0.1, 0.15) is 82.1 Å². The first kappa shape index (κ1) is 47.8. The molecule has 3 aromatic carbocycles. The van der Waals surface area contributed by atoms with Gasteiger partial charge in [0.25, 0.3) is 0 Å². The van der Waals surface area contributed by atoms with Crippen LogP contribution in [0.4, 0.5) is 33.9 Å². The molecule has 4 saturated heterocycles. The number of benzene rings is 3. The molecule has 10 rings (SSSR count). The molecule has 2 bridgehead atoms. The number of halogens is 5. The van der Waals surface area contributed by atoms with Crippen LogP contribution in [-0.2, 0) is 24.0 Å². The minimum Gasteiger partial charge on any atom is -0.497 e. The van der Waals surface area contributed by atoms with Crippen LogP contribution in [0.25, 0.3) is 22.2 Å². The number of fused-ring (bicyclic) bond motifs is 6. The number of rotatable bonds is 11. The second-order valence-electron chi connectivity index (χ2n) is 20.4. The summed E-state index contributed by atoms with van der Waals surface area (Å²) >= 11 is 7.48. The van der Waals surface area contributed by atoms with E-state index in [1.54, 1.807) is 19.1 Å². The lowest BCUT2D eigenvalue weighted by Gasteiger charge is -2.48. The molecule has 0 unspecified atom stereocenters. The van der Waals surface area contributed by atoms with E-state index in [9.17, 15) is 9.18 Å². The van der Waals surface area contributed by atoms with Crippen molar-refractivity contribution >= 4 is 40.1 Å². The molecule has 4 fully saturated rings. The van der Waals surface area contributed by atoms with Gasteiger partial charge in [-0.2, -0.15) is 23.1 Å². The molecule has 5 aliphatic heterocycles. The Morgan fingerprint density at radius 1 is 0.943 bits per heavy atom. The van der Waals surface area contributed by atoms with Crippen LogP contribution in [0.3, 0.4) is 0 Å². The number of carbonyl (C=O) groups is 1. The number of aromatic nitrogens is 3. The van der Waals surface area contributed by atoms with Crippen LogP contribution >= 0.6 is 11.6 Å². The van der Waals surface area contributed by atoms with Gasteiger partial charge in [-0.1, -0.05) is 35.9 Å². The van der Waals surface area contributed by atoms with E-state index in [2.05, 4.69) is 9.80 Å². The zero-order chi connectivity index (χ0) is 49.4. The molecule has 5 aromatic rings. The number of methoxy groups -OCH3 is 2. The third-order valence-corrected chi connectivity index (χ3v) is 15.0. The molecule has 0 radical (unpaired) electrons. The molecule has 18 heteroatoms. The first-order valence-electron chi connectivity index (χ1n) is 23.9. The molecule has 1 amide bonds. The largest absolute Gasteiger partial charge is 0.497 e. The lowest BCUT2D eigenvalue weighted by molar-refractivity contribution is -0.137. The van der Waals surface area contributed by atoms with Gasteiger partial charge >= 0.3 is 18.3 Å². The van der Waals surface area contributed by atoms with Gasteiger partial charge < -0.3 is 33.5 Å². The van der Waals surface area contributed by atoms with Crippen molar-refractivity contribution in [3.63, 3.8) is 0 Å². The normalized spacial score (nSPS) is 24.0. The average Bonchev–Trinajstić information content (AvgIpc) is 3.92. The Labute approximate surface area is 410 Å². The Morgan fingerprint density at radius 2 is 1.61 bits per heavy atom. The molecule has 0 spiro atoms. The summed E-state index contributed by atoms with van der Waals surface area (Å²) in [6, 6.07) is 16.9. The SMILES string of the molecule is COc1ccc(CN(Cc2ccc(OC)cc2)c2cc(C)c(C(F)(F)F)c(-c3nc4c5c(nc(OC[C@@]67CCCN6C[C@H](F)C7)nc5c3Cl)N3C[C@H]5CC[C@@H]([C@H]3[C@H](C)O4)N5C(=O)OC(C)(C)C)c2)cc1. The topological polar surface area (TPSA) is 115 Å². The number of ether oxygens (including phenoxy) is 5. The Balaban J connectivity index is 1.13. The summed E-state index contributed by atoms with van der Waals surface area (Å²) < 4.78 is 92.0. The van der Waals surface area contributed by atoms with Crippen molar-refractivity contribution in [2.75, 3.05) is 50.3 Å². The van der Waals surface area contributed by atoms with Crippen molar-refractivity contribution in [3.05, 3.63) is 87.9 Å². The van der Waals surface area contributed by atoms with Crippen LogP contribution in [0.5, 0.6) is 23.4 Å². The van der Waals surface area contributed by atoms with E-state index < -0.39 is 47.3 Å². The molecular weight excluding hydrogens is 930 g/mol. The summed E-state index contributed by atoms with van der Waals surface area (Å²) in [5.41, 5.74) is -0.333. The molecule has 0 N–H and O–H groups in total. The van der Waals surface area contributed by atoms with Gasteiger partial charge in [-0.3, -0.25) is 9.80 Å². The fraction of sp³-hybridized carbons (Fsp3) is 0.500. The Bertz CT molecular complexity index is 2750. The van der Waals surface area contributed by atoms with Crippen molar-refractivity contribution in [2.24, 2.45) is 0 Å². The summed E-state index contributed by atoms with van der Waals surface area (Å²) in [7, 11) is 3.17. The highest BCUT2D eigenvalue weighted by Gasteiger charge is 2.54. The number of piperazine rings is 1. The van der Waals surface area contributed by atoms with Crippen LogP contribution in [0, 0.1) is 6.92 Å². The van der Waals surface area contributed by atoms with Crippen molar-refractivity contribution < 1.29 is 46.0 Å². The lowest BCUT2D eigenvalue weighted by atomic mass is 9.95. The maximum Gasteiger partial charge on any atom is 0.417 e. The maximum absolute atomic E-state index is 15.7. The molecule has 5 aliphatic rings. The molecule has 0 aliphatic carbocycles. The fourth-order valence-corrected chi connectivity index (χ4v) is 11.8. The number of nitrogens with zero attached hydrogens (tertiary/aromatic N) is 7. The number of pyridine rings is 1. The van der Waals surface area contributed by atoms with Gasteiger partial charge in [0.1, 0.15) is 52.7 Å². The zero-order valence-corrected chi connectivity index (χ0v) is 41.2. The van der Waals surface area contributed by atoms with Crippen LogP contribution in [0.2, 0.25) is 5.02 Å². The molecule has 372 valence electrons. The zero-order valence-electron chi connectivity index (χ0n) is 40.4. The Kier molecular flexibility index (Phi) is 12.4. The predicted octanol–water partition coefficient (Wildman–Crippen LogP) is 10.6. The van der Waals surface area contributed by atoms with E-state index in [0.29, 0.717) is 73.8 Å². The number of amides is 1. The quantitative estimate of drug-likeness (QED) is 0.117. The highest BCUT2D eigenvalue weighted by atomic mass is 35.5. The number of hydrogen-bond acceptors (Lipinski definition) is 12. The molecule has 13 nitrogen and oxygen atoms in total. The molecule has 70 heavy (non-hydrogen) atoms. The van der Waals surface area contributed by atoms with Gasteiger partial charge in [-0.15, -0.1) is 0 Å². The van der Waals surface area contributed by atoms with E-state index in [0.717, 1.165) is 30.5 Å². The average molecular weight is 989 g/mol. The van der Waals surface area contributed by atoms with Gasteiger partial charge in [-0.25, -0.2) is 14.2 Å². The van der Waals surface area contributed by atoms with Gasteiger partial charge in [0.05, 0.1) is 54.2 Å². The minimum atomic E-state index is -4.84. The van der Waals surface area contributed by atoms with E-state index >= 15 is 13.2 Å². The van der Waals surface area contributed by atoms with Gasteiger partial charge in [0, 0.05) is 43.9 Å². The van der Waals surface area contributed by atoms with Crippen LogP contribution in [-0.4, -0.2) is 113 Å². The first-order valence-corrected chi connectivity index (χ1v) is 24.3. The van der Waals surface area contributed by atoms with Crippen LogP contribution < -0.4 is 28.7 Å². The summed E-state index contributed by atoms with van der Waals surface area (Å²) in [6.45, 7) is 10.9. The van der Waals surface area contributed by atoms with Gasteiger partial charge in [0.15, 0.2) is 0 Å².